The molecular formula is C21H32IN5O3. The lowest BCUT2D eigenvalue weighted by Crippen LogP contribution is -2.48. The first kappa shape index (κ1) is 24.2. The van der Waals surface area contributed by atoms with Crippen LogP contribution in [-0.2, 0) is 16.1 Å². The average molecular weight is 529 g/mol. The van der Waals surface area contributed by atoms with E-state index >= 15 is 0 Å². The second-order valence-corrected chi connectivity index (χ2v) is 7.47. The molecule has 0 unspecified atom stereocenters. The Labute approximate surface area is 195 Å². The van der Waals surface area contributed by atoms with Crippen molar-refractivity contribution >= 4 is 47.6 Å². The minimum atomic E-state index is -0.248. The van der Waals surface area contributed by atoms with Crippen LogP contribution in [0.4, 0.5) is 10.5 Å². The molecular weight excluding hydrogens is 497 g/mol. The summed E-state index contributed by atoms with van der Waals surface area (Å²) in [5.74, 6) is 0.610. The zero-order valence-electron chi connectivity index (χ0n) is 17.5. The molecule has 0 spiro atoms. The molecule has 1 aromatic rings. The SMILES string of the molecule is CCOC(=O)N1CCC(NC(N)=NCc2ccc(N3CCCCC3=O)cc2)CC1.I. The third kappa shape index (κ3) is 6.75. The van der Waals surface area contributed by atoms with Crippen molar-refractivity contribution in [2.24, 2.45) is 10.7 Å². The van der Waals surface area contributed by atoms with Crippen molar-refractivity contribution in [1.82, 2.24) is 10.2 Å². The molecule has 2 fully saturated rings. The molecule has 0 aliphatic carbocycles. The third-order valence-electron chi connectivity index (χ3n) is 5.38. The van der Waals surface area contributed by atoms with Gasteiger partial charge in [-0.1, -0.05) is 12.1 Å². The van der Waals surface area contributed by atoms with Crippen molar-refractivity contribution in [2.75, 3.05) is 31.1 Å². The van der Waals surface area contributed by atoms with E-state index in [1.165, 1.54) is 0 Å². The summed E-state index contributed by atoms with van der Waals surface area (Å²) in [6.45, 7) is 4.79. The molecule has 3 rings (SSSR count). The Bertz CT molecular complexity index is 733. The summed E-state index contributed by atoms with van der Waals surface area (Å²) < 4.78 is 5.03. The van der Waals surface area contributed by atoms with Crippen LogP contribution in [0.2, 0.25) is 0 Å². The molecule has 166 valence electrons. The first-order valence-corrected chi connectivity index (χ1v) is 10.4. The largest absolute Gasteiger partial charge is 0.450 e. The number of aliphatic imine (C=N–C) groups is 1. The Kier molecular flexibility index (Phi) is 9.67. The Morgan fingerprint density at radius 2 is 1.90 bits per heavy atom. The summed E-state index contributed by atoms with van der Waals surface area (Å²) in [6, 6.07) is 8.14. The lowest BCUT2D eigenvalue weighted by molar-refractivity contribution is -0.119. The second kappa shape index (κ2) is 12.0. The van der Waals surface area contributed by atoms with Gasteiger partial charge in [-0.15, -0.1) is 24.0 Å². The van der Waals surface area contributed by atoms with E-state index in [-0.39, 0.29) is 42.0 Å². The van der Waals surface area contributed by atoms with Crippen LogP contribution in [0.5, 0.6) is 0 Å². The van der Waals surface area contributed by atoms with Crippen molar-refractivity contribution in [3.63, 3.8) is 0 Å². The number of nitrogens with two attached hydrogens (primary N) is 1. The van der Waals surface area contributed by atoms with E-state index in [0.29, 0.717) is 38.6 Å². The van der Waals surface area contributed by atoms with E-state index in [2.05, 4.69) is 10.3 Å². The number of likely N-dealkylation sites (tertiary alicyclic amines) is 1. The molecule has 2 saturated heterocycles. The zero-order chi connectivity index (χ0) is 20.6. The van der Waals surface area contributed by atoms with E-state index in [4.69, 9.17) is 10.5 Å². The van der Waals surface area contributed by atoms with E-state index in [1.807, 2.05) is 36.1 Å². The number of anilines is 1. The van der Waals surface area contributed by atoms with E-state index in [9.17, 15) is 9.59 Å². The molecule has 8 nitrogen and oxygen atoms in total. The highest BCUT2D eigenvalue weighted by molar-refractivity contribution is 14.0. The highest BCUT2D eigenvalue weighted by atomic mass is 127. The number of rotatable bonds is 5. The number of carbonyl (C=O) groups is 2. The second-order valence-electron chi connectivity index (χ2n) is 7.47. The number of halogens is 1. The Morgan fingerprint density at radius 3 is 2.53 bits per heavy atom. The number of hydrogen-bond acceptors (Lipinski definition) is 4. The van der Waals surface area contributed by atoms with Crippen LogP contribution < -0.4 is 16.0 Å². The van der Waals surface area contributed by atoms with Gasteiger partial charge in [-0.25, -0.2) is 9.79 Å². The van der Waals surface area contributed by atoms with Gasteiger partial charge in [-0.2, -0.15) is 0 Å². The molecule has 0 aromatic heterocycles. The summed E-state index contributed by atoms with van der Waals surface area (Å²) in [7, 11) is 0. The average Bonchev–Trinajstić information content (AvgIpc) is 2.74. The van der Waals surface area contributed by atoms with Crippen molar-refractivity contribution < 1.29 is 14.3 Å². The number of nitrogens with zero attached hydrogens (tertiary/aromatic N) is 3. The molecule has 2 amide bonds. The molecule has 3 N–H and O–H groups in total. The third-order valence-corrected chi connectivity index (χ3v) is 5.38. The number of amides is 2. The summed E-state index contributed by atoms with van der Waals surface area (Å²) >= 11 is 0. The maximum atomic E-state index is 12.0. The Morgan fingerprint density at radius 1 is 1.20 bits per heavy atom. The Hall–Kier alpha value is -2.04. The van der Waals surface area contributed by atoms with Crippen LogP contribution in [-0.4, -0.2) is 55.1 Å². The van der Waals surface area contributed by atoms with Gasteiger partial charge in [0.15, 0.2) is 5.96 Å². The first-order valence-electron chi connectivity index (χ1n) is 10.4. The molecule has 30 heavy (non-hydrogen) atoms. The number of ether oxygens (including phenoxy) is 1. The van der Waals surface area contributed by atoms with Gasteiger partial charge < -0.3 is 25.6 Å². The van der Waals surface area contributed by atoms with Gasteiger partial charge in [0.2, 0.25) is 5.91 Å². The van der Waals surface area contributed by atoms with Gasteiger partial charge in [0.05, 0.1) is 13.2 Å². The molecule has 0 bridgehead atoms. The quantitative estimate of drug-likeness (QED) is 0.347. The number of guanidine groups is 1. The van der Waals surface area contributed by atoms with Gasteiger partial charge in [0.1, 0.15) is 0 Å². The van der Waals surface area contributed by atoms with Gasteiger partial charge in [-0.05, 0) is 50.3 Å². The lowest BCUT2D eigenvalue weighted by atomic mass is 10.1. The Balaban J connectivity index is 0.00000320. The van der Waals surface area contributed by atoms with Crippen LogP contribution in [0.15, 0.2) is 29.3 Å². The van der Waals surface area contributed by atoms with Gasteiger partial charge >= 0.3 is 6.09 Å². The maximum absolute atomic E-state index is 12.0. The number of nitrogens with one attached hydrogen (secondary N) is 1. The molecule has 2 aliphatic heterocycles. The van der Waals surface area contributed by atoms with E-state index in [1.54, 1.807) is 4.90 Å². The van der Waals surface area contributed by atoms with Crippen LogP contribution in [0.25, 0.3) is 0 Å². The topological polar surface area (TPSA) is 100 Å². The van der Waals surface area contributed by atoms with Gasteiger partial charge in [0.25, 0.3) is 0 Å². The molecule has 0 saturated carbocycles. The monoisotopic (exact) mass is 529 g/mol. The number of carbonyl (C=O) groups excluding carboxylic acids is 2. The highest BCUT2D eigenvalue weighted by Gasteiger charge is 2.23. The number of hydrogen-bond donors (Lipinski definition) is 2. The fourth-order valence-corrected chi connectivity index (χ4v) is 3.71. The summed E-state index contributed by atoms with van der Waals surface area (Å²) in [5.41, 5.74) is 8.03. The lowest BCUT2D eigenvalue weighted by Gasteiger charge is -2.31. The van der Waals surface area contributed by atoms with Gasteiger partial charge in [-0.3, -0.25) is 4.79 Å². The van der Waals surface area contributed by atoms with Crippen LogP contribution in [0, 0.1) is 0 Å². The predicted octanol–water partition coefficient (Wildman–Crippen LogP) is 2.85. The van der Waals surface area contributed by atoms with Crippen LogP contribution in [0.3, 0.4) is 0 Å². The molecule has 2 aliphatic rings. The molecule has 0 atom stereocenters. The normalized spacial score (nSPS) is 18.0. The van der Waals surface area contributed by atoms with Crippen molar-refractivity contribution in [3.05, 3.63) is 29.8 Å². The summed E-state index contributed by atoms with van der Waals surface area (Å²) in [6.07, 6.45) is 4.05. The zero-order valence-corrected chi connectivity index (χ0v) is 19.8. The van der Waals surface area contributed by atoms with Gasteiger partial charge in [0, 0.05) is 37.8 Å². The minimum absolute atomic E-state index is 0. The molecule has 2 heterocycles. The van der Waals surface area contributed by atoms with Crippen molar-refractivity contribution in [2.45, 2.75) is 51.6 Å². The maximum Gasteiger partial charge on any atom is 0.409 e. The number of piperidine rings is 2. The smallest absolute Gasteiger partial charge is 0.409 e. The molecule has 9 heteroatoms. The fourth-order valence-electron chi connectivity index (χ4n) is 3.71. The fraction of sp³-hybridized carbons (Fsp3) is 0.571. The van der Waals surface area contributed by atoms with Crippen LogP contribution in [0.1, 0.15) is 44.6 Å². The van der Waals surface area contributed by atoms with Crippen molar-refractivity contribution in [1.29, 1.82) is 0 Å². The van der Waals surface area contributed by atoms with E-state index in [0.717, 1.165) is 43.5 Å². The van der Waals surface area contributed by atoms with E-state index < -0.39 is 0 Å². The first-order chi connectivity index (χ1) is 14.1. The molecule has 0 radical (unpaired) electrons. The predicted molar refractivity (Wildman–Crippen MR) is 128 cm³/mol. The standard InChI is InChI=1S/C21H31N5O3.HI/c1-2-29-21(28)25-13-10-17(11-14-25)24-20(22)23-15-16-6-8-18(9-7-16)26-12-4-3-5-19(26)27;/h6-9,17H,2-5,10-15H2,1H3,(H3,22,23,24);1H. The summed E-state index contributed by atoms with van der Waals surface area (Å²) in [5, 5.41) is 3.25. The minimum Gasteiger partial charge on any atom is -0.450 e. The number of benzene rings is 1. The molecule has 1 aromatic carbocycles. The van der Waals surface area contributed by atoms with Crippen LogP contribution >= 0.6 is 24.0 Å². The summed E-state index contributed by atoms with van der Waals surface area (Å²) in [4.78, 5) is 31.8. The highest BCUT2D eigenvalue weighted by Crippen LogP contribution is 2.21. The van der Waals surface area contributed by atoms with Crippen molar-refractivity contribution in [3.8, 4) is 0 Å².